The fourth-order valence-electron chi connectivity index (χ4n) is 1.98. The molecule has 21 heavy (non-hydrogen) atoms. The fourth-order valence-corrected chi connectivity index (χ4v) is 1.98. The Bertz CT molecular complexity index is 587. The predicted molar refractivity (Wildman–Crippen MR) is 81.5 cm³/mol. The Morgan fingerprint density at radius 1 is 1.05 bits per heavy atom. The summed E-state index contributed by atoms with van der Waals surface area (Å²) in [5.41, 5.74) is 0.529. The molecule has 2 aromatic carbocycles. The number of benzene rings is 2. The van der Waals surface area contributed by atoms with Crippen molar-refractivity contribution < 1.29 is 13.9 Å². The number of ether oxygens (including phenoxy) is 2. The van der Waals surface area contributed by atoms with E-state index in [4.69, 9.17) is 9.47 Å². The van der Waals surface area contributed by atoms with Gasteiger partial charge in [0.2, 0.25) is 0 Å². The third kappa shape index (κ3) is 4.20. The summed E-state index contributed by atoms with van der Waals surface area (Å²) >= 11 is 0. The van der Waals surface area contributed by atoms with Crippen molar-refractivity contribution in [3.63, 3.8) is 0 Å². The van der Waals surface area contributed by atoms with Gasteiger partial charge < -0.3 is 14.8 Å². The topological polar surface area (TPSA) is 30.5 Å². The van der Waals surface area contributed by atoms with Gasteiger partial charge in [0.25, 0.3) is 0 Å². The molecule has 0 atom stereocenters. The van der Waals surface area contributed by atoms with Crippen molar-refractivity contribution in [1.29, 1.82) is 0 Å². The van der Waals surface area contributed by atoms with E-state index in [1.54, 1.807) is 18.2 Å². The van der Waals surface area contributed by atoms with Crippen LogP contribution in [0.4, 0.5) is 4.39 Å². The SMILES string of the molecule is CCNCc1c(F)cccc1Oc1cccc(OCC)c1. The van der Waals surface area contributed by atoms with E-state index in [0.717, 1.165) is 12.3 Å². The summed E-state index contributed by atoms with van der Waals surface area (Å²) in [4.78, 5) is 0. The van der Waals surface area contributed by atoms with Gasteiger partial charge in [0, 0.05) is 18.2 Å². The van der Waals surface area contributed by atoms with Crippen LogP contribution < -0.4 is 14.8 Å². The summed E-state index contributed by atoms with van der Waals surface area (Å²) in [5, 5.41) is 3.12. The molecule has 0 aromatic heterocycles. The van der Waals surface area contributed by atoms with E-state index in [-0.39, 0.29) is 5.82 Å². The smallest absolute Gasteiger partial charge is 0.134 e. The van der Waals surface area contributed by atoms with E-state index >= 15 is 0 Å². The summed E-state index contributed by atoms with van der Waals surface area (Å²) < 4.78 is 25.2. The minimum atomic E-state index is -0.269. The molecule has 2 rings (SSSR count). The lowest BCUT2D eigenvalue weighted by molar-refractivity contribution is 0.338. The monoisotopic (exact) mass is 289 g/mol. The number of hydrogen-bond donors (Lipinski definition) is 1. The van der Waals surface area contributed by atoms with E-state index in [1.165, 1.54) is 6.07 Å². The van der Waals surface area contributed by atoms with Crippen molar-refractivity contribution in [2.45, 2.75) is 20.4 Å². The van der Waals surface area contributed by atoms with Crippen LogP contribution in [0.2, 0.25) is 0 Å². The highest BCUT2D eigenvalue weighted by Crippen LogP contribution is 2.29. The first kappa shape index (κ1) is 15.3. The Balaban J connectivity index is 2.22. The molecule has 0 radical (unpaired) electrons. The molecule has 0 aliphatic carbocycles. The van der Waals surface area contributed by atoms with Gasteiger partial charge in [-0.25, -0.2) is 4.39 Å². The van der Waals surface area contributed by atoms with Gasteiger partial charge in [-0.1, -0.05) is 19.1 Å². The Hall–Kier alpha value is -2.07. The summed E-state index contributed by atoms with van der Waals surface area (Å²) in [7, 11) is 0. The molecule has 0 saturated heterocycles. The molecule has 0 bridgehead atoms. The van der Waals surface area contributed by atoms with Crippen LogP contribution in [-0.4, -0.2) is 13.2 Å². The molecule has 2 aromatic rings. The van der Waals surface area contributed by atoms with Crippen LogP contribution >= 0.6 is 0 Å². The zero-order chi connectivity index (χ0) is 15.1. The summed E-state index contributed by atoms with van der Waals surface area (Å²) in [5.74, 6) is 1.61. The van der Waals surface area contributed by atoms with Crippen LogP contribution in [0.15, 0.2) is 42.5 Å². The molecule has 0 saturated carbocycles. The predicted octanol–water partition coefficient (Wildman–Crippen LogP) is 4.13. The second-order valence-electron chi connectivity index (χ2n) is 4.51. The van der Waals surface area contributed by atoms with Crippen LogP contribution in [-0.2, 0) is 6.54 Å². The third-order valence-corrected chi connectivity index (χ3v) is 2.97. The van der Waals surface area contributed by atoms with Gasteiger partial charge in [0.05, 0.1) is 6.61 Å². The van der Waals surface area contributed by atoms with Crippen molar-refractivity contribution in [2.24, 2.45) is 0 Å². The highest BCUT2D eigenvalue weighted by atomic mass is 19.1. The van der Waals surface area contributed by atoms with Crippen molar-refractivity contribution in [2.75, 3.05) is 13.2 Å². The van der Waals surface area contributed by atoms with Gasteiger partial charge >= 0.3 is 0 Å². The zero-order valence-electron chi connectivity index (χ0n) is 12.4. The van der Waals surface area contributed by atoms with E-state index in [0.29, 0.717) is 30.2 Å². The quantitative estimate of drug-likeness (QED) is 0.831. The van der Waals surface area contributed by atoms with Crippen LogP contribution in [0.25, 0.3) is 0 Å². The van der Waals surface area contributed by atoms with Crippen molar-refractivity contribution in [3.05, 3.63) is 53.8 Å². The molecule has 0 spiro atoms. The molecule has 4 heteroatoms. The minimum Gasteiger partial charge on any atom is -0.494 e. The van der Waals surface area contributed by atoms with Crippen LogP contribution in [0.5, 0.6) is 17.2 Å². The molecule has 0 heterocycles. The molecule has 0 aliphatic rings. The van der Waals surface area contributed by atoms with Gasteiger partial charge in [-0.3, -0.25) is 0 Å². The van der Waals surface area contributed by atoms with Gasteiger partial charge in [0.1, 0.15) is 23.1 Å². The first-order chi connectivity index (χ1) is 10.2. The molecule has 0 fully saturated rings. The zero-order valence-corrected chi connectivity index (χ0v) is 12.4. The Labute approximate surface area is 124 Å². The van der Waals surface area contributed by atoms with Gasteiger partial charge in [0.15, 0.2) is 0 Å². The van der Waals surface area contributed by atoms with Crippen LogP contribution in [0, 0.1) is 5.82 Å². The molecular weight excluding hydrogens is 269 g/mol. The fraction of sp³-hybridized carbons (Fsp3) is 0.294. The summed E-state index contributed by atoms with van der Waals surface area (Å²) in [6.07, 6.45) is 0. The first-order valence-electron chi connectivity index (χ1n) is 7.13. The number of hydrogen-bond acceptors (Lipinski definition) is 3. The summed E-state index contributed by atoms with van der Waals surface area (Å²) in [6, 6.07) is 12.2. The van der Waals surface area contributed by atoms with E-state index in [9.17, 15) is 4.39 Å². The second-order valence-corrected chi connectivity index (χ2v) is 4.51. The molecule has 0 aliphatic heterocycles. The van der Waals surface area contributed by atoms with Crippen LogP contribution in [0.1, 0.15) is 19.4 Å². The Kier molecular flexibility index (Phi) is 5.58. The van der Waals surface area contributed by atoms with Crippen molar-refractivity contribution >= 4 is 0 Å². The van der Waals surface area contributed by atoms with E-state index < -0.39 is 0 Å². The highest BCUT2D eigenvalue weighted by Gasteiger charge is 2.10. The lowest BCUT2D eigenvalue weighted by Crippen LogP contribution is -2.13. The maximum atomic E-state index is 13.9. The van der Waals surface area contributed by atoms with E-state index in [2.05, 4.69) is 5.32 Å². The van der Waals surface area contributed by atoms with Crippen molar-refractivity contribution in [1.82, 2.24) is 5.32 Å². The third-order valence-electron chi connectivity index (χ3n) is 2.97. The molecule has 1 N–H and O–H groups in total. The minimum absolute atomic E-state index is 0.269. The summed E-state index contributed by atoms with van der Waals surface area (Å²) in [6.45, 7) is 5.70. The largest absolute Gasteiger partial charge is 0.494 e. The maximum Gasteiger partial charge on any atom is 0.134 e. The second kappa shape index (κ2) is 7.64. The lowest BCUT2D eigenvalue weighted by atomic mass is 10.2. The normalized spacial score (nSPS) is 10.4. The van der Waals surface area contributed by atoms with Crippen LogP contribution in [0.3, 0.4) is 0 Å². The van der Waals surface area contributed by atoms with Gasteiger partial charge in [-0.15, -0.1) is 0 Å². The molecule has 3 nitrogen and oxygen atoms in total. The Morgan fingerprint density at radius 3 is 2.57 bits per heavy atom. The number of nitrogens with one attached hydrogen (secondary N) is 1. The molecule has 0 unspecified atom stereocenters. The lowest BCUT2D eigenvalue weighted by Gasteiger charge is -2.13. The molecule has 112 valence electrons. The van der Waals surface area contributed by atoms with Crippen molar-refractivity contribution in [3.8, 4) is 17.2 Å². The standard InChI is InChI=1S/C17H20FNO2/c1-3-19-12-15-16(18)9-6-10-17(15)21-14-8-5-7-13(11-14)20-4-2/h5-11,19H,3-4,12H2,1-2H3. The average Bonchev–Trinajstić information content (AvgIpc) is 2.47. The maximum absolute atomic E-state index is 13.9. The number of halogens is 1. The van der Waals surface area contributed by atoms with Gasteiger partial charge in [-0.2, -0.15) is 0 Å². The Morgan fingerprint density at radius 2 is 1.81 bits per heavy atom. The molecule has 0 amide bonds. The average molecular weight is 289 g/mol. The highest BCUT2D eigenvalue weighted by molar-refractivity contribution is 5.41. The molecular formula is C17H20FNO2. The van der Waals surface area contributed by atoms with Gasteiger partial charge in [-0.05, 0) is 37.7 Å². The first-order valence-corrected chi connectivity index (χ1v) is 7.13. The van der Waals surface area contributed by atoms with E-state index in [1.807, 2.05) is 32.0 Å². The number of rotatable bonds is 7.